The van der Waals surface area contributed by atoms with E-state index in [0.717, 1.165) is 38.0 Å². The molecule has 1 spiro atoms. The van der Waals surface area contributed by atoms with Crippen molar-refractivity contribution >= 4 is 5.91 Å². The molecule has 0 bridgehead atoms. The summed E-state index contributed by atoms with van der Waals surface area (Å²) in [6.07, 6.45) is 5.50. The number of carbonyl (C=O) groups excluding carboxylic acids is 1. The van der Waals surface area contributed by atoms with Gasteiger partial charge in [0.05, 0.1) is 18.3 Å². The SMILES string of the molecule is CCn1ccc(C(=O)N2CCC3(CC2)CC(OCCOc2ccccc2)CCO3)n1. The third kappa shape index (κ3) is 5.02. The molecule has 162 valence electrons. The average Bonchev–Trinajstić information content (AvgIpc) is 3.27. The van der Waals surface area contributed by atoms with E-state index in [-0.39, 0.29) is 17.6 Å². The van der Waals surface area contributed by atoms with Gasteiger partial charge in [0.2, 0.25) is 0 Å². The average molecular weight is 414 g/mol. The Balaban J connectivity index is 1.22. The van der Waals surface area contributed by atoms with Crippen molar-refractivity contribution in [1.82, 2.24) is 14.7 Å². The Hall–Kier alpha value is -2.38. The lowest BCUT2D eigenvalue weighted by Crippen LogP contribution is -2.52. The molecule has 0 aliphatic carbocycles. The molecule has 0 radical (unpaired) electrons. The quantitative estimate of drug-likeness (QED) is 0.653. The van der Waals surface area contributed by atoms with E-state index >= 15 is 0 Å². The number of piperidine rings is 1. The van der Waals surface area contributed by atoms with E-state index < -0.39 is 0 Å². The van der Waals surface area contributed by atoms with Gasteiger partial charge < -0.3 is 19.1 Å². The molecule has 1 aromatic carbocycles. The van der Waals surface area contributed by atoms with Crippen molar-refractivity contribution in [3.05, 3.63) is 48.3 Å². The minimum atomic E-state index is -0.178. The molecule has 1 aromatic heterocycles. The molecule has 1 unspecified atom stereocenters. The maximum Gasteiger partial charge on any atom is 0.274 e. The molecule has 2 aliphatic rings. The monoisotopic (exact) mass is 413 g/mol. The number of aryl methyl sites for hydroxylation is 1. The molecule has 0 saturated carbocycles. The molecule has 4 rings (SSSR count). The van der Waals surface area contributed by atoms with Crippen LogP contribution in [-0.2, 0) is 16.0 Å². The number of ether oxygens (including phenoxy) is 3. The highest BCUT2D eigenvalue weighted by Gasteiger charge is 2.41. The van der Waals surface area contributed by atoms with Crippen LogP contribution in [0.4, 0.5) is 0 Å². The molecular weight excluding hydrogens is 382 g/mol. The number of hydrogen-bond donors (Lipinski definition) is 0. The van der Waals surface area contributed by atoms with E-state index in [2.05, 4.69) is 5.10 Å². The van der Waals surface area contributed by atoms with Crippen LogP contribution < -0.4 is 4.74 Å². The van der Waals surface area contributed by atoms with Crippen LogP contribution in [0.15, 0.2) is 42.6 Å². The summed E-state index contributed by atoms with van der Waals surface area (Å²) in [6, 6.07) is 11.6. The molecule has 2 aliphatic heterocycles. The van der Waals surface area contributed by atoms with Crippen LogP contribution in [0, 0.1) is 0 Å². The number of hydrogen-bond acceptors (Lipinski definition) is 5. The number of nitrogens with zero attached hydrogens (tertiary/aromatic N) is 3. The van der Waals surface area contributed by atoms with E-state index in [1.54, 1.807) is 10.7 Å². The van der Waals surface area contributed by atoms with Crippen LogP contribution in [0.25, 0.3) is 0 Å². The second-order valence-corrected chi connectivity index (χ2v) is 8.03. The van der Waals surface area contributed by atoms with Gasteiger partial charge in [0.15, 0.2) is 0 Å². The third-order valence-electron chi connectivity index (χ3n) is 6.04. The van der Waals surface area contributed by atoms with Gasteiger partial charge in [-0.3, -0.25) is 9.48 Å². The van der Waals surface area contributed by atoms with E-state index in [0.29, 0.717) is 38.6 Å². The zero-order valence-corrected chi connectivity index (χ0v) is 17.7. The first kappa shape index (κ1) is 20.9. The molecule has 3 heterocycles. The lowest BCUT2D eigenvalue weighted by Gasteiger charge is -2.46. The first-order valence-corrected chi connectivity index (χ1v) is 10.9. The summed E-state index contributed by atoms with van der Waals surface area (Å²) in [5, 5.41) is 4.35. The largest absolute Gasteiger partial charge is 0.491 e. The second-order valence-electron chi connectivity index (χ2n) is 8.03. The number of para-hydroxylation sites is 1. The number of aromatic nitrogens is 2. The minimum absolute atomic E-state index is 0.0127. The van der Waals surface area contributed by atoms with Gasteiger partial charge in [-0.2, -0.15) is 5.10 Å². The van der Waals surface area contributed by atoms with Crippen LogP contribution in [0.3, 0.4) is 0 Å². The normalized spacial score (nSPS) is 21.0. The van der Waals surface area contributed by atoms with E-state index in [1.165, 1.54) is 0 Å². The van der Waals surface area contributed by atoms with Crippen LogP contribution in [-0.4, -0.2) is 65.2 Å². The standard InChI is InChI=1S/C23H31N3O4/c1-2-26-12-8-21(24-26)22(27)25-13-10-23(11-14-25)18-20(9-15-30-23)29-17-16-28-19-6-4-3-5-7-19/h3-8,12,20H,2,9-11,13-18H2,1H3. The highest BCUT2D eigenvalue weighted by Crippen LogP contribution is 2.36. The zero-order chi connectivity index (χ0) is 20.8. The first-order valence-electron chi connectivity index (χ1n) is 10.9. The molecule has 2 saturated heterocycles. The molecule has 0 N–H and O–H groups in total. The smallest absolute Gasteiger partial charge is 0.274 e. The summed E-state index contributed by atoms with van der Waals surface area (Å²) >= 11 is 0. The van der Waals surface area contributed by atoms with Crippen molar-refractivity contribution in [2.45, 2.75) is 50.9 Å². The number of amides is 1. The number of carbonyl (C=O) groups is 1. The van der Waals surface area contributed by atoms with Gasteiger partial charge in [-0.15, -0.1) is 0 Å². The van der Waals surface area contributed by atoms with E-state index in [4.69, 9.17) is 14.2 Å². The lowest BCUT2D eigenvalue weighted by molar-refractivity contribution is -0.153. The van der Waals surface area contributed by atoms with Crippen molar-refractivity contribution in [3.8, 4) is 5.75 Å². The summed E-state index contributed by atoms with van der Waals surface area (Å²) in [6.45, 7) is 5.99. The number of rotatable bonds is 7. The van der Waals surface area contributed by atoms with Gasteiger partial charge >= 0.3 is 0 Å². The van der Waals surface area contributed by atoms with E-state index in [9.17, 15) is 4.79 Å². The molecule has 30 heavy (non-hydrogen) atoms. The van der Waals surface area contributed by atoms with Crippen molar-refractivity contribution in [2.24, 2.45) is 0 Å². The summed E-state index contributed by atoms with van der Waals surface area (Å²) in [5.41, 5.74) is 0.347. The second kappa shape index (κ2) is 9.62. The Labute approximate surface area is 177 Å². The van der Waals surface area contributed by atoms with Gasteiger partial charge in [0, 0.05) is 38.9 Å². The maximum atomic E-state index is 12.7. The van der Waals surface area contributed by atoms with E-state index in [1.807, 2.05) is 48.4 Å². The lowest BCUT2D eigenvalue weighted by atomic mass is 9.83. The number of likely N-dealkylation sites (tertiary alicyclic amines) is 1. The molecule has 1 amide bonds. The maximum absolute atomic E-state index is 12.7. The fraction of sp³-hybridized carbons (Fsp3) is 0.565. The summed E-state index contributed by atoms with van der Waals surface area (Å²) < 4.78 is 19.8. The van der Waals surface area contributed by atoms with Crippen LogP contribution in [0.2, 0.25) is 0 Å². The van der Waals surface area contributed by atoms with Gasteiger partial charge in [0.1, 0.15) is 18.1 Å². The molecule has 7 heteroatoms. The Morgan fingerprint density at radius 3 is 2.73 bits per heavy atom. The minimum Gasteiger partial charge on any atom is -0.491 e. The summed E-state index contributed by atoms with van der Waals surface area (Å²) in [7, 11) is 0. The predicted molar refractivity (Wildman–Crippen MR) is 113 cm³/mol. The zero-order valence-electron chi connectivity index (χ0n) is 17.7. The Morgan fingerprint density at radius 1 is 1.20 bits per heavy atom. The third-order valence-corrected chi connectivity index (χ3v) is 6.04. The fourth-order valence-electron chi connectivity index (χ4n) is 4.30. The Kier molecular flexibility index (Phi) is 6.69. The van der Waals surface area contributed by atoms with Gasteiger partial charge in [0.25, 0.3) is 5.91 Å². The van der Waals surface area contributed by atoms with Crippen LogP contribution in [0.1, 0.15) is 43.1 Å². The molecule has 7 nitrogen and oxygen atoms in total. The van der Waals surface area contributed by atoms with Crippen molar-refractivity contribution in [3.63, 3.8) is 0 Å². The highest BCUT2D eigenvalue weighted by molar-refractivity contribution is 5.92. The van der Waals surface area contributed by atoms with Crippen LogP contribution in [0.5, 0.6) is 5.75 Å². The molecule has 1 atom stereocenters. The van der Waals surface area contributed by atoms with Crippen molar-refractivity contribution in [2.75, 3.05) is 32.9 Å². The van der Waals surface area contributed by atoms with Gasteiger partial charge in [-0.05, 0) is 44.4 Å². The molecule has 2 fully saturated rings. The van der Waals surface area contributed by atoms with Crippen LogP contribution >= 0.6 is 0 Å². The number of benzene rings is 1. The van der Waals surface area contributed by atoms with Crippen molar-refractivity contribution < 1.29 is 19.0 Å². The first-order chi connectivity index (χ1) is 14.7. The highest BCUT2D eigenvalue weighted by atomic mass is 16.5. The topological polar surface area (TPSA) is 65.8 Å². The summed E-state index contributed by atoms with van der Waals surface area (Å²) in [4.78, 5) is 14.6. The Bertz CT molecular complexity index is 815. The van der Waals surface area contributed by atoms with Gasteiger partial charge in [-0.25, -0.2) is 0 Å². The molecular formula is C23H31N3O4. The van der Waals surface area contributed by atoms with Gasteiger partial charge in [-0.1, -0.05) is 18.2 Å². The van der Waals surface area contributed by atoms with Crippen molar-refractivity contribution in [1.29, 1.82) is 0 Å². The Morgan fingerprint density at radius 2 is 2.00 bits per heavy atom. The predicted octanol–water partition coefficient (Wildman–Crippen LogP) is 3.15. The fourth-order valence-corrected chi connectivity index (χ4v) is 4.30. The molecule has 2 aromatic rings. The summed E-state index contributed by atoms with van der Waals surface area (Å²) in [5.74, 6) is 0.879.